The Morgan fingerprint density at radius 3 is 2.25 bits per heavy atom. The summed E-state index contributed by atoms with van der Waals surface area (Å²) in [4.78, 5) is 10.7. The van der Waals surface area contributed by atoms with Crippen LogP contribution >= 0.6 is 0 Å². The van der Waals surface area contributed by atoms with Crippen LogP contribution in [0.25, 0.3) is 0 Å². The average Bonchev–Trinajstić information content (AvgIpc) is 3.46. The van der Waals surface area contributed by atoms with Gasteiger partial charge < -0.3 is 9.84 Å². The molecule has 162 valence electrons. The van der Waals surface area contributed by atoms with E-state index in [0.717, 1.165) is 25.7 Å². The van der Waals surface area contributed by atoms with Crippen molar-refractivity contribution in [3.63, 3.8) is 0 Å². The van der Waals surface area contributed by atoms with Crippen molar-refractivity contribution < 1.29 is 14.6 Å². The van der Waals surface area contributed by atoms with E-state index in [0.29, 0.717) is 12.2 Å². The van der Waals surface area contributed by atoms with Gasteiger partial charge >= 0.3 is 5.97 Å². The summed E-state index contributed by atoms with van der Waals surface area (Å²) in [5.74, 6) is -0.680. The van der Waals surface area contributed by atoms with Gasteiger partial charge in [0.2, 0.25) is 0 Å². The van der Waals surface area contributed by atoms with Crippen molar-refractivity contribution in [2.75, 3.05) is 0 Å². The van der Waals surface area contributed by atoms with Gasteiger partial charge in [0.1, 0.15) is 6.10 Å². The van der Waals surface area contributed by atoms with Crippen LogP contribution in [0.2, 0.25) is 0 Å². The molecule has 1 N–H and O–H groups in total. The van der Waals surface area contributed by atoms with Gasteiger partial charge in [-0.3, -0.25) is 4.79 Å². The Morgan fingerprint density at radius 2 is 1.64 bits per heavy atom. The summed E-state index contributed by atoms with van der Waals surface area (Å²) in [5, 5.41) is 8.85. The number of unbranched alkanes of at least 4 members (excludes halogenated alkanes) is 11. The lowest BCUT2D eigenvalue weighted by Gasteiger charge is -2.31. The molecule has 1 saturated carbocycles. The molecule has 0 radical (unpaired) electrons. The van der Waals surface area contributed by atoms with Gasteiger partial charge in [-0.05, 0) is 49.5 Å². The molecule has 3 atom stereocenters. The molecule has 0 aromatic rings. The number of hydrogen-bond acceptors (Lipinski definition) is 2. The van der Waals surface area contributed by atoms with Crippen LogP contribution in [0.15, 0.2) is 11.6 Å². The van der Waals surface area contributed by atoms with Gasteiger partial charge in [-0.2, -0.15) is 0 Å². The largest absolute Gasteiger partial charge is 0.481 e. The Hall–Kier alpha value is -0.830. The minimum Gasteiger partial charge on any atom is -0.481 e. The SMILES string of the molecule is CCCCCCCCCCCCCC=C1CC[C@@](C)(CCCC(=O)O)C2O[C@H]12. The summed E-state index contributed by atoms with van der Waals surface area (Å²) in [6.07, 6.45) is 24.1. The molecule has 1 aliphatic carbocycles. The van der Waals surface area contributed by atoms with Gasteiger partial charge in [0.05, 0.1) is 6.10 Å². The second-order valence-electron chi connectivity index (χ2n) is 9.48. The van der Waals surface area contributed by atoms with E-state index in [-0.39, 0.29) is 11.8 Å². The molecule has 0 bridgehead atoms. The predicted molar refractivity (Wildman–Crippen MR) is 117 cm³/mol. The third kappa shape index (κ3) is 8.27. The topological polar surface area (TPSA) is 49.8 Å². The van der Waals surface area contributed by atoms with E-state index in [9.17, 15) is 4.79 Å². The van der Waals surface area contributed by atoms with E-state index in [4.69, 9.17) is 9.84 Å². The number of epoxide rings is 1. The molecule has 1 saturated heterocycles. The highest BCUT2D eigenvalue weighted by molar-refractivity contribution is 5.66. The van der Waals surface area contributed by atoms with E-state index in [2.05, 4.69) is 19.9 Å². The van der Waals surface area contributed by atoms with Crippen LogP contribution in [-0.2, 0) is 9.53 Å². The molecule has 2 aliphatic rings. The minimum atomic E-state index is -0.680. The lowest BCUT2D eigenvalue weighted by atomic mass is 9.71. The number of fused-ring (bicyclic) bond motifs is 1. The number of carboxylic acids is 1. The lowest BCUT2D eigenvalue weighted by Crippen LogP contribution is -2.30. The molecule has 2 fully saturated rings. The van der Waals surface area contributed by atoms with Crippen LogP contribution in [0.3, 0.4) is 0 Å². The second-order valence-corrected chi connectivity index (χ2v) is 9.48. The predicted octanol–water partition coefficient (Wildman–Crippen LogP) is 7.44. The normalized spacial score (nSPS) is 27.7. The molecule has 1 aliphatic heterocycles. The van der Waals surface area contributed by atoms with Crippen LogP contribution in [0.4, 0.5) is 0 Å². The van der Waals surface area contributed by atoms with Crippen LogP contribution in [0.5, 0.6) is 0 Å². The molecule has 0 aromatic heterocycles. The fourth-order valence-electron chi connectivity index (χ4n) is 4.86. The minimum absolute atomic E-state index is 0.188. The first-order valence-corrected chi connectivity index (χ1v) is 12.1. The van der Waals surface area contributed by atoms with E-state index >= 15 is 0 Å². The van der Waals surface area contributed by atoms with Crippen molar-refractivity contribution in [3.05, 3.63) is 11.6 Å². The van der Waals surface area contributed by atoms with Crippen molar-refractivity contribution in [3.8, 4) is 0 Å². The fraction of sp³-hybridized carbons (Fsp3) is 0.880. The fourth-order valence-corrected chi connectivity index (χ4v) is 4.86. The van der Waals surface area contributed by atoms with E-state index < -0.39 is 5.97 Å². The van der Waals surface area contributed by atoms with Crippen LogP contribution in [-0.4, -0.2) is 23.3 Å². The van der Waals surface area contributed by atoms with Crippen molar-refractivity contribution in [2.45, 2.75) is 135 Å². The van der Waals surface area contributed by atoms with Gasteiger partial charge in [-0.1, -0.05) is 84.1 Å². The molecule has 0 aromatic carbocycles. The monoisotopic (exact) mass is 392 g/mol. The molecule has 1 heterocycles. The van der Waals surface area contributed by atoms with Crippen molar-refractivity contribution in [1.29, 1.82) is 0 Å². The van der Waals surface area contributed by atoms with Crippen LogP contribution in [0, 0.1) is 5.41 Å². The zero-order valence-corrected chi connectivity index (χ0v) is 18.5. The summed E-state index contributed by atoms with van der Waals surface area (Å²) in [6.45, 7) is 4.57. The molecule has 2 rings (SSSR count). The third-order valence-electron chi connectivity index (χ3n) is 6.88. The number of rotatable bonds is 16. The number of aliphatic carboxylic acids is 1. The lowest BCUT2D eigenvalue weighted by molar-refractivity contribution is -0.137. The quantitative estimate of drug-likeness (QED) is 0.169. The van der Waals surface area contributed by atoms with Gasteiger partial charge in [0.25, 0.3) is 0 Å². The van der Waals surface area contributed by atoms with Crippen molar-refractivity contribution in [2.24, 2.45) is 5.41 Å². The summed E-state index contributed by atoms with van der Waals surface area (Å²) < 4.78 is 6.01. The zero-order chi connectivity index (χ0) is 20.2. The highest BCUT2D eigenvalue weighted by atomic mass is 16.6. The maximum absolute atomic E-state index is 10.7. The third-order valence-corrected chi connectivity index (χ3v) is 6.88. The summed E-state index contributed by atoms with van der Waals surface area (Å²) in [7, 11) is 0. The van der Waals surface area contributed by atoms with Crippen molar-refractivity contribution in [1.82, 2.24) is 0 Å². The van der Waals surface area contributed by atoms with E-state index in [1.807, 2.05) is 0 Å². The number of carbonyl (C=O) groups is 1. The first-order chi connectivity index (χ1) is 13.6. The number of hydrogen-bond donors (Lipinski definition) is 1. The Bertz CT molecular complexity index is 484. The molecule has 3 nitrogen and oxygen atoms in total. The first kappa shape index (κ1) is 23.4. The number of ether oxygens (including phenoxy) is 1. The Balaban J connectivity index is 1.48. The van der Waals surface area contributed by atoms with Gasteiger partial charge in [-0.25, -0.2) is 0 Å². The Labute approximate surface area is 173 Å². The zero-order valence-electron chi connectivity index (χ0n) is 18.5. The number of allylic oxidation sites excluding steroid dienone is 1. The first-order valence-electron chi connectivity index (χ1n) is 12.1. The molecular weight excluding hydrogens is 348 g/mol. The number of carboxylic acid groups (broad SMARTS) is 1. The smallest absolute Gasteiger partial charge is 0.303 e. The molecule has 0 spiro atoms. The molecule has 28 heavy (non-hydrogen) atoms. The van der Waals surface area contributed by atoms with E-state index in [1.54, 1.807) is 0 Å². The maximum Gasteiger partial charge on any atom is 0.303 e. The molecule has 1 unspecified atom stereocenters. The van der Waals surface area contributed by atoms with Gasteiger partial charge in [-0.15, -0.1) is 0 Å². The van der Waals surface area contributed by atoms with E-state index in [1.165, 1.54) is 82.6 Å². The maximum atomic E-state index is 10.7. The molecule has 0 amide bonds. The van der Waals surface area contributed by atoms with Crippen LogP contribution in [0.1, 0.15) is 123 Å². The molecule has 3 heteroatoms. The highest BCUT2D eigenvalue weighted by Crippen LogP contribution is 2.53. The van der Waals surface area contributed by atoms with Crippen LogP contribution < -0.4 is 0 Å². The van der Waals surface area contributed by atoms with Gasteiger partial charge in [0.15, 0.2) is 0 Å². The Kier molecular flexibility index (Phi) is 10.6. The second kappa shape index (κ2) is 12.7. The summed E-state index contributed by atoms with van der Waals surface area (Å²) in [6, 6.07) is 0. The summed E-state index contributed by atoms with van der Waals surface area (Å²) >= 11 is 0. The summed E-state index contributed by atoms with van der Waals surface area (Å²) in [5.41, 5.74) is 1.71. The standard InChI is InChI=1S/C25H44O3/c1-3-4-5-6-7-8-9-10-11-12-13-14-16-21-18-20-25(2,24-23(21)28-24)19-15-17-22(26)27/h16,23-24H,3-15,17-20H2,1-2H3,(H,26,27)/t23-,24?,25-/m1/s1. The van der Waals surface area contributed by atoms with Crippen molar-refractivity contribution >= 4 is 5.97 Å². The highest BCUT2D eigenvalue weighted by Gasteiger charge is 2.55. The Morgan fingerprint density at radius 1 is 1.04 bits per heavy atom. The molecular formula is C25H44O3. The average molecular weight is 393 g/mol. The van der Waals surface area contributed by atoms with Gasteiger partial charge in [0, 0.05) is 6.42 Å².